The zero-order valence-corrected chi connectivity index (χ0v) is 11.7. The van der Waals surface area contributed by atoms with E-state index in [0.29, 0.717) is 28.2 Å². The number of aryl methyl sites for hydroxylation is 1. The van der Waals surface area contributed by atoms with E-state index in [0.717, 1.165) is 5.69 Å². The zero-order valence-electron chi connectivity index (χ0n) is 9.32. The standard InChI is InChI=1S/C12H10BrClN2O2/c13-11-7-10(18-16-11)5-6-12(17)15-9-3-1-8(14)2-4-9/h1-4,7H,5-6H2,(H,15,17). The number of anilines is 1. The topological polar surface area (TPSA) is 55.1 Å². The van der Waals surface area contributed by atoms with Gasteiger partial charge >= 0.3 is 0 Å². The highest BCUT2D eigenvalue weighted by molar-refractivity contribution is 9.10. The Morgan fingerprint density at radius 1 is 1.39 bits per heavy atom. The molecule has 0 aliphatic heterocycles. The van der Waals surface area contributed by atoms with E-state index in [2.05, 4.69) is 26.4 Å². The quantitative estimate of drug-likeness (QED) is 0.931. The molecule has 0 radical (unpaired) electrons. The molecule has 0 fully saturated rings. The summed E-state index contributed by atoms with van der Waals surface area (Å²) in [5.41, 5.74) is 0.725. The van der Waals surface area contributed by atoms with Crippen LogP contribution in [0.5, 0.6) is 0 Å². The van der Waals surface area contributed by atoms with Crippen molar-refractivity contribution in [2.75, 3.05) is 5.32 Å². The van der Waals surface area contributed by atoms with Crippen molar-refractivity contribution in [2.45, 2.75) is 12.8 Å². The maximum atomic E-state index is 11.7. The van der Waals surface area contributed by atoms with Gasteiger partial charge in [0.2, 0.25) is 5.91 Å². The van der Waals surface area contributed by atoms with Crippen LogP contribution in [0.1, 0.15) is 12.2 Å². The Hall–Kier alpha value is -1.33. The van der Waals surface area contributed by atoms with Gasteiger partial charge in [0.15, 0.2) is 0 Å². The van der Waals surface area contributed by atoms with E-state index < -0.39 is 0 Å². The van der Waals surface area contributed by atoms with Gasteiger partial charge in [0.05, 0.1) is 0 Å². The molecule has 1 amide bonds. The molecule has 0 spiro atoms. The number of carbonyl (C=O) groups excluding carboxylic acids is 1. The molecule has 1 aromatic heterocycles. The molecule has 0 saturated carbocycles. The fourth-order valence-electron chi connectivity index (χ4n) is 1.40. The Balaban J connectivity index is 1.83. The van der Waals surface area contributed by atoms with Crippen LogP contribution >= 0.6 is 27.5 Å². The maximum Gasteiger partial charge on any atom is 0.224 e. The predicted molar refractivity (Wildman–Crippen MR) is 72.6 cm³/mol. The van der Waals surface area contributed by atoms with Crippen molar-refractivity contribution < 1.29 is 9.32 Å². The minimum absolute atomic E-state index is 0.0788. The lowest BCUT2D eigenvalue weighted by Crippen LogP contribution is -2.11. The average Bonchev–Trinajstić information content (AvgIpc) is 2.76. The SMILES string of the molecule is O=C(CCc1cc(Br)no1)Nc1ccc(Cl)cc1. The van der Waals surface area contributed by atoms with Crippen molar-refractivity contribution in [3.05, 3.63) is 45.7 Å². The maximum absolute atomic E-state index is 11.7. The molecule has 0 aliphatic carbocycles. The van der Waals surface area contributed by atoms with E-state index in [1.807, 2.05) is 0 Å². The molecule has 0 saturated heterocycles. The molecular weight excluding hydrogens is 320 g/mol. The third kappa shape index (κ3) is 3.85. The molecule has 2 rings (SSSR count). The van der Waals surface area contributed by atoms with Gasteiger partial charge in [-0.05, 0) is 40.2 Å². The first-order valence-electron chi connectivity index (χ1n) is 5.30. The summed E-state index contributed by atoms with van der Waals surface area (Å²) in [4.78, 5) is 11.7. The van der Waals surface area contributed by atoms with Crippen molar-refractivity contribution in [2.24, 2.45) is 0 Å². The molecule has 0 unspecified atom stereocenters. The van der Waals surface area contributed by atoms with Gasteiger partial charge in [-0.25, -0.2) is 0 Å². The lowest BCUT2D eigenvalue weighted by atomic mass is 10.2. The second-order valence-corrected chi connectivity index (χ2v) is 4.92. The summed E-state index contributed by atoms with van der Waals surface area (Å²) in [6, 6.07) is 8.71. The number of nitrogens with zero attached hydrogens (tertiary/aromatic N) is 1. The monoisotopic (exact) mass is 328 g/mol. The van der Waals surface area contributed by atoms with Gasteiger partial charge in [-0.2, -0.15) is 0 Å². The van der Waals surface area contributed by atoms with Gasteiger partial charge in [-0.15, -0.1) is 0 Å². The van der Waals surface area contributed by atoms with Gasteiger partial charge in [-0.3, -0.25) is 4.79 Å². The number of aromatic nitrogens is 1. The fourth-order valence-corrected chi connectivity index (χ4v) is 1.85. The average molecular weight is 330 g/mol. The lowest BCUT2D eigenvalue weighted by molar-refractivity contribution is -0.116. The molecule has 94 valence electrons. The second-order valence-electron chi connectivity index (χ2n) is 3.67. The van der Waals surface area contributed by atoms with Crippen molar-refractivity contribution >= 4 is 39.1 Å². The molecular formula is C12H10BrClN2O2. The van der Waals surface area contributed by atoms with Crippen LogP contribution in [0.15, 0.2) is 39.5 Å². The normalized spacial score (nSPS) is 10.3. The Bertz CT molecular complexity index is 539. The van der Waals surface area contributed by atoms with Crippen LogP contribution in [0.3, 0.4) is 0 Å². The number of amides is 1. The smallest absolute Gasteiger partial charge is 0.224 e. The first kappa shape index (κ1) is 13.1. The zero-order chi connectivity index (χ0) is 13.0. The van der Waals surface area contributed by atoms with Gasteiger partial charge in [0, 0.05) is 29.6 Å². The first-order valence-corrected chi connectivity index (χ1v) is 6.47. The molecule has 1 N–H and O–H groups in total. The first-order chi connectivity index (χ1) is 8.63. The van der Waals surface area contributed by atoms with E-state index in [4.69, 9.17) is 16.1 Å². The Morgan fingerprint density at radius 2 is 2.11 bits per heavy atom. The van der Waals surface area contributed by atoms with E-state index in [-0.39, 0.29) is 5.91 Å². The molecule has 18 heavy (non-hydrogen) atoms. The van der Waals surface area contributed by atoms with Crippen molar-refractivity contribution in [3.8, 4) is 0 Å². The number of rotatable bonds is 4. The van der Waals surface area contributed by atoms with E-state index in [1.54, 1.807) is 30.3 Å². The van der Waals surface area contributed by atoms with E-state index in [1.165, 1.54) is 0 Å². The third-order valence-corrected chi connectivity index (χ3v) is 2.88. The minimum Gasteiger partial charge on any atom is -0.360 e. The number of carbonyl (C=O) groups is 1. The summed E-state index contributed by atoms with van der Waals surface area (Å²) in [6.07, 6.45) is 0.849. The highest BCUT2D eigenvalue weighted by Gasteiger charge is 2.06. The lowest BCUT2D eigenvalue weighted by Gasteiger charge is -2.03. The van der Waals surface area contributed by atoms with Crippen LogP contribution in [0.25, 0.3) is 0 Å². The Morgan fingerprint density at radius 3 is 2.72 bits per heavy atom. The number of halogens is 2. The summed E-state index contributed by atoms with van der Waals surface area (Å²) < 4.78 is 5.62. The summed E-state index contributed by atoms with van der Waals surface area (Å²) in [5, 5.41) is 7.10. The molecule has 6 heteroatoms. The predicted octanol–water partition coefficient (Wildman–Crippen LogP) is 3.66. The molecule has 4 nitrogen and oxygen atoms in total. The van der Waals surface area contributed by atoms with Crippen LogP contribution in [0.2, 0.25) is 5.02 Å². The summed E-state index contributed by atoms with van der Waals surface area (Å²) in [7, 11) is 0. The van der Waals surface area contributed by atoms with Crippen molar-refractivity contribution in [1.82, 2.24) is 5.16 Å². The highest BCUT2D eigenvalue weighted by Crippen LogP contribution is 2.15. The summed E-state index contributed by atoms with van der Waals surface area (Å²) >= 11 is 8.94. The van der Waals surface area contributed by atoms with Crippen LogP contribution < -0.4 is 5.32 Å². The second kappa shape index (κ2) is 6.02. The van der Waals surface area contributed by atoms with Crippen LogP contribution in [-0.2, 0) is 11.2 Å². The largest absolute Gasteiger partial charge is 0.360 e. The molecule has 0 bridgehead atoms. The minimum atomic E-state index is -0.0788. The summed E-state index contributed by atoms with van der Waals surface area (Å²) in [5.74, 6) is 0.595. The Labute approximate surface area is 117 Å². The van der Waals surface area contributed by atoms with Crippen molar-refractivity contribution in [3.63, 3.8) is 0 Å². The van der Waals surface area contributed by atoms with E-state index in [9.17, 15) is 4.79 Å². The molecule has 2 aromatic rings. The molecule has 1 heterocycles. The van der Waals surface area contributed by atoms with Crippen molar-refractivity contribution in [1.29, 1.82) is 0 Å². The molecule has 1 aromatic carbocycles. The van der Waals surface area contributed by atoms with Gasteiger partial charge in [-0.1, -0.05) is 16.8 Å². The van der Waals surface area contributed by atoms with E-state index >= 15 is 0 Å². The van der Waals surface area contributed by atoms with Crippen LogP contribution in [0, 0.1) is 0 Å². The molecule has 0 aliphatic rings. The highest BCUT2D eigenvalue weighted by atomic mass is 79.9. The Kier molecular flexibility index (Phi) is 4.38. The molecule has 0 atom stereocenters. The van der Waals surface area contributed by atoms with Gasteiger partial charge < -0.3 is 9.84 Å². The number of nitrogens with one attached hydrogen (secondary N) is 1. The van der Waals surface area contributed by atoms with Gasteiger partial charge in [0.25, 0.3) is 0 Å². The van der Waals surface area contributed by atoms with Gasteiger partial charge in [0.1, 0.15) is 10.4 Å². The fraction of sp³-hybridized carbons (Fsp3) is 0.167. The number of benzene rings is 1. The number of hydrogen-bond acceptors (Lipinski definition) is 3. The van der Waals surface area contributed by atoms with Crippen LogP contribution in [0.4, 0.5) is 5.69 Å². The number of hydrogen-bond donors (Lipinski definition) is 1. The van der Waals surface area contributed by atoms with Crippen LogP contribution in [-0.4, -0.2) is 11.1 Å². The third-order valence-electron chi connectivity index (χ3n) is 2.26. The summed E-state index contributed by atoms with van der Waals surface area (Å²) in [6.45, 7) is 0.